The van der Waals surface area contributed by atoms with Crippen LogP contribution < -0.4 is 15.4 Å². The van der Waals surface area contributed by atoms with Crippen LogP contribution in [0.3, 0.4) is 0 Å². The van der Waals surface area contributed by atoms with Gasteiger partial charge >= 0.3 is 0 Å². The summed E-state index contributed by atoms with van der Waals surface area (Å²) in [7, 11) is 1.57. The van der Waals surface area contributed by atoms with Crippen molar-refractivity contribution in [1.29, 1.82) is 0 Å². The molecule has 26 heavy (non-hydrogen) atoms. The molecule has 0 aliphatic carbocycles. The number of hydrogen-bond acceptors (Lipinski definition) is 6. The van der Waals surface area contributed by atoms with E-state index in [9.17, 15) is 9.59 Å². The lowest BCUT2D eigenvalue weighted by atomic mass is 10.3. The second-order valence-electron chi connectivity index (χ2n) is 5.49. The third-order valence-corrected chi connectivity index (χ3v) is 3.42. The summed E-state index contributed by atoms with van der Waals surface area (Å²) in [5, 5.41) is 13.1. The van der Waals surface area contributed by atoms with Crippen LogP contribution in [0, 0.1) is 6.92 Å². The predicted octanol–water partition coefficient (Wildman–Crippen LogP) is 2.08. The fourth-order valence-corrected chi connectivity index (χ4v) is 2.20. The number of carbonyl (C=O) groups is 2. The van der Waals surface area contributed by atoms with Crippen LogP contribution in [0.15, 0.2) is 47.2 Å². The Labute approximate surface area is 148 Å². The lowest BCUT2D eigenvalue weighted by Crippen LogP contribution is -2.19. The van der Waals surface area contributed by atoms with Crippen LogP contribution in [0.4, 0.5) is 11.4 Å². The van der Waals surface area contributed by atoms with E-state index >= 15 is 0 Å². The molecule has 2 aromatic heterocycles. The summed E-state index contributed by atoms with van der Waals surface area (Å²) in [5.74, 6) is 0.125. The summed E-state index contributed by atoms with van der Waals surface area (Å²) in [5.41, 5.74) is 1.71. The highest BCUT2D eigenvalue weighted by molar-refractivity contribution is 6.02. The molecule has 1 aromatic carbocycles. The first kappa shape index (κ1) is 17.2. The Balaban J connectivity index is 1.55. The van der Waals surface area contributed by atoms with Crippen molar-refractivity contribution in [3.8, 4) is 5.75 Å². The minimum absolute atomic E-state index is 0.00329. The number of methoxy groups -OCH3 is 1. The fraction of sp³-hybridized carbons (Fsp3) is 0.176. The monoisotopic (exact) mass is 355 g/mol. The maximum Gasteiger partial charge on any atom is 0.294 e. The number of ether oxygens (including phenoxy) is 1. The number of anilines is 2. The molecule has 3 aromatic rings. The van der Waals surface area contributed by atoms with Gasteiger partial charge in [0.2, 0.25) is 11.7 Å². The Bertz CT molecular complexity index is 913. The average molecular weight is 355 g/mol. The highest BCUT2D eigenvalue weighted by atomic mass is 16.5. The SMILES string of the molecule is COc1ccc(NC(=O)Cn2cc(NC(=O)c3cc(C)no3)cn2)cc1. The van der Waals surface area contributed by atoms with Crippen molar-refractivity contribution in [2.75, 3.05) is 17.7 Å². The van der Waals surface area contributed by atoms with Gasteiger partial charge in [0, 0.05) is 18.0 Å². The molecule has 0 saturated carbocycles. The average Bonchev–Trinajstić information content (AvgIpc) is 3.24. The molecule has 0 aliphatic heterocycles. The minimum Gasteiger partial charge on any atom is -0.497 e. The van der Waals surface area contributed by atoms with Gasteiger partial charge in [0.25, 0.3) is 5.91 Å². The Morgan fingerprint density at radius 2 is 1.96 bits per heavy atom. The van der Waals surface area contributed by atoms with E-state index in [-0.39, 0.29) is 18.2 Å². The molecular weight excluding hydrogens is 338 g/mol. The summed E-state index contributed by atoms with van der Waals surface area (Å²) in [6, 6.07) is 8.52. The number of aromatic nitrogens is 3. The Kier molecular flexibility index (Phi) is 4.97. The Hall–Kier alpha value is -3.62. The van der Waals surface area contributed by atoms with Gasteiger partial charge in [-0.05, 0) is 31.2 Å². The first-order valence-electron chi connectivity index (χ1n) is 7.74. The molecule has 2 amide bonds. The molecule has 0 bridgehead atoms. The molecule has 0 atom stereocenters. The van der Waals surface area contributed by atoms with E-state index in [2.05, 4.69) is 20.9 Å². The number of benzene rings is 1. The molecule has 9 heteroatoms. The van der Waals surface area contributed by atoms with Crippen LogP contribution in [0.25, 0.3) is 0 Å². The summed E-state index contributed by atoms with van der Waals surface area (Å²) < 4.78 is 11.4. The van der Waals surface area contributed by atoms with Crippen LogP contribution in [-0.2, 0) is 11.3 Å². The molecule has 2 heterocycles. The van der Waals surface area contributed by atoms with Gasteiger partial charge in [-0.25, -0.2) is 0 Å². The van der Waals surface area contributed by atoms with Gasteiger partial charge in [-0.1, -0.05) is 5.16 Å². The van der Waals surface area contributed by atoms with Crippen LogP contribution in [-0.4, -0.2) is 33.9 Å². The topological polar surface area (TPSA) is 111 Å². The number of carbonyl (C=O) groups excluding carboxylic acids is 2. The smallest absolute Gasteiger partial charge is 0.294 e. The summed E-state index contributed by atoms with van der Waals surface area (Å²) >= 11 is 0. The van der Waals surface area contributed by atoms with Crippen molar-refractivity contribution in [2.45, 2.75) is 13.5 Å². The van der Waals surface area contributed by atoms with Crippen molar-refractivity contribution in [3.63, 3.8) is 0 Å². The van der Waals surface area contributed by atoms with E-state index in [4.69, 9.17) is 9.26 Å². The molecule has 0 aliphatic rings. The molecule has 134 valence electrons. The van der Waals surface area contributed by atoms with E-state index in [1.165, 1.54) is 16.9 Å². The maximum atomic E-state index is 12.1. The van der Waals surface area contributed by atoms with Gasteiger partial charge in [0.15, 0.2) is 0 Å². The summed E-state index contributed by atoms with van der Waals surface area (Å²) in [4.78, 5) is 24.1. The van der Waals surface area contributed by atoms with Crippen LogP contribution in [0.1, 0.15) is 16.2 Å². The standard InChI is InChI=1S/C17H17N5O4/c1-11-7-15(26-21-11)17(24)20-13-8-18-22(9-13)10-16(23)19-12-3-5-14(25-2)6-4-12/h3-9H,10H2,1-2H3,(H,19,23)(H,20,24). The third-order valence-electron chi connectivity index (χ3n) is 3.42. The van der Waals surface area contributed by atoms with Gasteiger partial charge in [-0.3, -0.25) is 14.3 Å². The Morgan fingerprint density at radius 3 is 2.62 bits per heavy atom. The molecule has 2 N–H and O–H groups in total. The van der Waals surface area contributed by atoms with E-state index in [1.807, 2.05) is 0 Å². The number of hydrogen-bond donors (Lipinski definition) is 2. The number of aryl methyl sites for hydroxylation is 1. The summed E-state index contributed by atoms with van der Waals surface area (Å²) in [6.45, 7) is 1.73. The molecule has 9 nitrogen and oxygen atoms in total. The number of amides is 2. The molecule has 3 rings (SSSR count). The van der Waals surface area contributed by atoms with Crippen LogP contribution >= 0.6 is 0 Å². The zero-order chi connectivity index (χ0) is 18.5. The highest BCUT2D eigenvalue weighted by Gasteiger charge is 2.13. The summed E-state index contributed by atoms with van der Waals surface area (Å²) in [6.07, 6.45) is 3.00. The van der Waals surface area contributed by atoms with Crippen molar-refractivity contribution >= 4 is 23.2 Å². The first-order valence-corrected chi connectivity index (χ1v) is 7.74. The lowest BCUT2D eigenvalue weighted by Gasteiger charge is -2.06. The second-order valence-corrected chi connectivity index (χ2v) is 5.49. The maximum absolute atomic E-state index is 12.1. The quantitative estimate of drug-likeness (QED) is 0.700. The molecule has 0 unspecified atom stereocenters. The number of nitrogens with one attached hydrogen (secondary N) is 2. The van der Waals surface area contributed by atoms with Crippen molar-refractivity contribution in [1.82, 2.24) is 14.9 Å². The molecule has 0 saturated heterocycles. The minimum atomic E-state index is -0.437. The van der Waals surface area contributed by atoms with Gasteiger partial charge in [0.05, 0.1) is 24.7 Å². The highest BCUT2D eigenvalue weighted by Crippen LogP contribution is 2.15. The van der Waals surface area contributed by atoms with Crippen molar-refractivity contribution in [2.24, 2.45) is 0 Å². The van der Waals surface area contributed by atoms with Gasteiger partial charge in [-0.2, -0.15) is 5.10 Å². The van der Waals surface area contributed by atoms with Crippen molar-refractivity contribution < 1.29 is 18.8 Å². The van der Waals surface area contributed by atoms with Gasteiger partial charge in [0.1, 0.15) is 12.3 Å². The van der Waals surface area contributed by atoms with Gasteiger partial charge in [-0.15, -0.1) is 0 Å². The predicted molar refractivity (Wildman–Crippen MR) is 93.0 cm³/mol. The first-order chi connectivity index (χ1) is 12.5. The molecule has 0 radical (unpaired) electrons. The largest absolute Gasteiger partial charge is 0.497 e. The van der Waals surface area contributed by atoms with Crippen LogP contribution in [0.2, 0.25) is 0 Å². The van der Waals surface area contributed by atoms with E-state index in [1.54, 1.807) is 44.5 Å². The second kappa shape index (κ2) is 7.51. The molecule has 0 spiro atoms. The zero-order valence-electron chi connectivity index (χ0n) is 14.2. The van der Waals surface area contributed by atoms with Crippen molar-refractivity contribution in [3.05, 3.63) is 54.2 Å². The van der Waals surface area contributed by atoms with Crippen LogP contribution in [0.5, 0.6) is 5.75 Å². The number of nitrogens with zero attached hydrogens (tertiary/aromatic N) is 3. The molecular formula is C17H17N5O4. The fourth-order valence-electron chi connectivity index (χ4n) is 2.20. The van der Waals surface area contributed by atoms with E-state index in [0.29, 0.717) is 22.8 Å². The van der Waals surface area contributed by atoms with E-state index < -0.39 is 5.91 Å². The Morgan fingerprint density at radius 1 is 1.19 bits per heavy atom. The zero-order valence-corrected chi connectivity index (χ0v) is 14.2. The number of rotatable bonds is 6. The lowest BCUT2D eigenvalue weighted by molar-refractivity contribution is -0.116. The normalized spacial score (nSPS) is 10.4. The van der Waals surface area contributed by atoms with Gasteiger partial charge < -0.3 is 19.9 Å². The third kappa shape index (κ3) is 4.26. The molecule has 0 fully saturated rings. The van der Waals surface area contributed by atoms with E-state index in [0.717, 1.165) is 0 Å².